The third-order valence-electron chi connectivity index (χ3n) is 3.54. The number of rotatable bonds is 5. The lowest BCUT2D eigenvalue weighted by molar-refractivity contribution is 0.865. The molecule has 3 N–H and O–H groups in total. The van der Waals surface area contributed by atoms with Gasteiger partial charge in [-0.15, -0.1) is 0 Å². The van der Waals surface area contributed by atoms with Gasteiger partial charge in [-0.1, -0.05) is 48.0 Å². The molecule has 0 aliphatic carbocycles. The Balaban J connectivity index is 1.66. The number of benzene rings is 2. The summed E-state index contributed by atoms with van der Waals surface area (Å²) < 4.78 is 0. The summed E-state index contributed by atoms with van der Waals surface area (Å²) in [5, 5.41) is 8.04. The van der Waals surface area contributed by atoms with Gasteiger partial charge in [0.15, 0.2) is 5.82 Å². The van der Waals surface area contributed by atoms with Gasteiger partial charge >= 0.3 is 0 Å². The summed E-state index contributed by atoms with van der Waals surface area (Å²) in [6.07, 6.45) is 1.72. The van der Waals surface area contributed by atoms with Crippen LogP contribution in [0, 0.1) is 0 Å². The van der Waals surface area contributed by atoms with Crippen LogP contribution < -0.4 is 5.73 Å². The standard InChI is InChI=1S/C17H17ClN4/c18-15-8-3-12(4-9-15)5-10-16-20-17(22-21-16)14-6-1-13(11-19)2-7-14/h1-4,6-9H,5,10-11,19H2,(H,20,21,22). The second-order valence-electron chi connectivity index (χ2n) is 5.13. The molecule has 0 unspecified atom stereocenters. The van der Waals surface area contributed by atoms with Crippen LogP contribution in [0.2, 0.25) is 5.02 Å². The van der Waals surface area contributed by atoms with Crippen LogP contribution in [0.15, 0.2) is 48.5 Å². The summed E-state index contributed by atoms with van der Waals surface area (Å²) in [5.41, 5.74) is 8.92. The number of aromatic nitrogens is 3. The third kappa shape index (κ3) is 3.53. The molecule has 2 aromatic carbocycles. The molecule has 0 aliphatic heterocycles. The molecule has 0 atom stereocenters. The summed E-state index contributed by atoms with van der Waals surface area (Å²) in [6.45, 7) is 0.542. The van der Waals surface area contributed by atoms with E-state index in [1.807, 2.05) is 48.5 Å². The quantitative estimate of drug-likeness (QED) is 0.759. The van der Waals surface area contributed by atoms with Crippen LogP contribution in [-0.4, -0.2) is 15.2 Å². The van der Waals surface area contributed by atoms with Crippen LogP contribution in [0.4, 0.5) is 0 Å². The zero-order valence-corrected chi connectivity index (χ0v) is 12.8. The minimum atomic E-state index is 0.542. The first-order valence-corrected chi connectivity index (χ1v) is 7.57. The average Bonchev–Trinajstić information content (AvgIpc) is 3.03. The Morgan fingerprint density at radius 3 is 2.27 bits per heavy atom. The highest BCUT2D eigenvalue weighted by molar-refractivity contribution is 6.30. The Hall–Kier alpha value is -2.17. The molecule has 0 saturated carbocycles. The number of H-pyrrole nitrogens is 1. The summed E-state index contributed by atoms with van der Waals surface area (Å²) in [4.78, 5) is 4.54. The molecule has 4 nitrogen and oxygen atoms in total. The monoisotopic (exact) mass is 312 g/mol. The number of nitrogens with zero attached hydrogens (tertiary/aromatic N) is 2. The van der Waals surface area contributed by atoms with Crippen LogP contribution >= 0.6 is 11.6 Å². The molecule has 0 saturated heterocycles. The first kappa shape index (κ1) is 14.8. The van der Waals surface area contributed by atoms with Crippen molar-refractivity contribution in [3.63, 3.8) is 0 Å². The fraction of sp³-hybridized carbons (Fsp3) is 0.176. The van der Waals surface area contributed by atoms with Crippen molar-refractivity contribution in [3.8, 4) is 11.4 Å². The highest BCUT2D eigenvalue weighted by Crippen LogP contribution is 2.16. The first-order valence-electron chi connectivity index (χ1n) is 7.20. The summed E-state index contributed by atoms with van der Waals surface area (Å²) in [6, 6.07) is 15.9. The fourth-order valence-corrected chi connectivity index (χ4v) is 2.37. The third-order valence-corrected chi connectivity index (χ3v) is 3.80. The summed E-state index contributed by atoms with van der Waals surface area (Å²) in [5.74, 6) is 1.60. The molecule has 0 aliphatic rings. The van der Waals surface area contributed by atoms with Crippen molar-refractivity contribution in [1.82, 2.24) is 15.2 Å². The Bertz CT molecular complexity index is 732. The van der Waals surface area contributed by atoms with E-state index in [-0.39, 0.29) is 0 Å². The van der Waals surface area contributed by atoms with E-state index < -0.39 is 0 Å². The summed E-state index contributed by atoms with van der Waals surface area (Å²) >= 11 is 5.89. The zero-order valence-electron chi connectivity index (χ0n) is 12.1. The van der Waals surface area contributed by atoms with Crippen LogP contribution in [0.1, 0.15) is 17.0 Å². The molecule has 0 fully saturated rings. The van der Waals surface area contributed by atoms with Gasteiger partial charge in [-0.05, 0) is 29.7 Å². The number of nitrogens with one attached hydrogen (secondary N) is 1. The normalized spacial score (nSPS) is 10.8. The van der Waals surface area contributed by atoms with Crippen molar-refractivity contribution in [2.45, 2.75) is 19.4 Å². The summed E-state index contributed by atoms with van der Waals surface area (Å²) in [7, 11) is 0. The minimum Gasteiger partial charge on any atom is -0.326 e. The molecule has 5 heteroatoms. The number of aromatic amines is 1. The van der Waals surface area contributed by atoms with Gasteiger partial charge in [-0.25, -0.2) is 4.98 Å². The lowest BCUT2D eigenvalue weighted by Gasteiger charge is -1.99. The van der Waals surface area contributed by atoms with Crippen LogP contribution in [0.5, 0.6) is 0 Å². The van der Waals surface area contributed by atoms with E-state index in [9.17, 15) is 0 Å². The first-order chi connectivity index (χ1) is 10.7. The number of hydrogen-bond acceptors (Lipinski definition) is 3. The molecule has 112 valence electrons. The van der Waals surface area contributed by atoms with Crippen LogP contribution in [-0.2, 0) is 19.4 Å². The van der Waals surface area contributed by atoms with Crippen molar-refractivity contribution in [2.75, 3.05) is 0 Å². The van der Waals surface area contributed by atoms with Gasteiger partial charge in [0.1, 0.15) is 5.82 Å². The number of hydrogen-bond donors (Lipinski definition) is 2. The van der Waals surface area contributed by atoms with Gasteiger partial charge < -0.3 is 5.73 Å². The molecule has 0 amide bonds. The predicted molar refractivity (Wildman–Crippen MR) is 88.6 cm³/mol. The maximum absolute atomic E-state index is 5.89. The Kier molecular flexibility index (Phi) is 4.51. The fourth-order valence-electron chi connectivity index (χ4n) is 2.24. The molecule has 3 aromatic rings. The van der Waals surface area contributed by atoms with E-state index in [1.54, 1.807) is 0 Å². The Morgan fingerprint density at radius 1 is 0.909 bits per heavy atom. The highest BCUT2D eigenvalue weighted by Gasteiger charge is 2.06. The molecule has 0 bridgehead atoms. The zero-order chi connectivity index (χ0) is 15.4. The van der Waals surface area contributed by atoms with Gasteiger partial charge in [0.25, 0.3) is 0 Å². The molecule has 0 spiro atoms. The van der Waals surface area contributed by atoms with Gasteiger partial charge in [0, 0.05) is 23.6 Å². The van der Waals surface area contributed by atoms with Crippen LogP contribution in [0.3, 0.4) is 0 Å². The largest absolute Gasteiger partial charge is 0.326 e. The number of aryl methyl sites for hydroxylation is 2. The van der Waals surface area contributed by atoms with E-state index in [0.717, 1.165) is 40.6 Å². The number of halogens is 1. The molecule has 3 rings (SSSR count). The SMILES string of the molecule is NCc1ccc(-c2n[nH]c(CCc3ccc(Cl)cc3)n2)cc1. The van der Waals surface area contributed by atoms with Crippen molar-refractivity contribution in [3.05, 3.63) is 70.5 Å². The highest BCUT2D eigenvalue weighted by atomic mass is 35.5. The second kappa shape index (κ2) is 6.73. The van der Waals surface area contributed by atoms with Gasteiger partial charge in [-0.2, -0.15) is 5.10 Å². The van der Waals surface area contributed by atoms with Crippen molar-refractivity contribution in [2.24, 2.45) is 5.73 Å². The molecule has 0 radical (unpaired) electrons. The maximum Gasteiger partial charge on any atom is 0.181 e. The maximum atomic E-state index is 5.89. The Morgan fingerprint density at radius 2 is 1.59 bits per heavy atom. The second-order valence-corrected chi connectivity index (χ2v) is 5.57. The molecular formula is C17H17ClN4. The molecule has 1 heterocycles. The molecule has 22 heavy (non-hydrogen) atoms. The molecular weight excluding hydrogens is 296 g/mol. The van der Waals surface area contributed by atoms with E-state index >= 15 is 0 Å². The lowest BCUT2D eigenvalue weighted by Crippen LogP contribution is -1.95. The topological polar surface area (TPSA) is 67.6 Å². The van der Waals surface area contributed by atoms with Crippen LogP contribution in [0.25, 0.3) is 11.4 Å². The minimum absolute atomic E-state index is 0.542. The van der Waals surface area contributed by atoms with E-state index in [1.165, 1.54) is 5.56 Å². The van der Waals surface area contributed by atoms with E-state index in [0.29, 0.717) is 6.54 Å². The predicted octanol–water partition coefficient (Wildman–Crippen LogP) is 3.37. The van der Waals surface area contributed by atoms with Crippen molar-refractivity contribution >= 4 is 11.6 Å². The van der Waals surface area contributed by atoms with Gasteiger partial charge in [0.05, 0.1) is 0 Å². The Labute approximate surface area is 134 Å². The van der Waals surface area contributed by atoms with E-state index in [2.05, 4.69) is 15.2 Å². The van der Waals surface area contributed by atoms with Crippen molar-refractivity contribution in [1.29, 1.82) is 0 Å². The van der Waals surface area contributed by atoms with Gasteiger partial charge in [-0.3, -0.25) is 5.10 Å². The lowest BCUT2D eigenvalue weighted by atomic mass is 10.1. The van der Waals surface area contributed by atoms with Gasteiger partial charge in [0.2, 0.25) is 0 Å². The average molecular weight is 313 g/mol. The van der Waals surface area contributed by atoms with Crippen molar-refractivity contribution < 1.29 is 0 Å². The molecule has 1 aromatic heterocycles. The van der Waals surface area contributed by atoms with E-state index in [4.69, 9.17) is 17.3 Å². The number of nitrogens with two attached hydrogens (primary N) is 1. The smallest absolute Gasteiger partial charge is 0.181 e.